The van der Waals surface area contributed by atoms with Crippen molar-refractivity contribution in [3.8, 4) is 5.69 Å². The summed E-state index contributed by atoms with van der Waals surface area (Å²) >= 11 is 17.9. The van der Waals surface area contributed by atoms with Crippen molar-refractivity contribution in [3.05, 3.63) is 51.7 Å². The van der Waals surface area contributed by atoms with Gasteiger partial charge in [-0.25, -0.2) is 0 Å². The van der Waals surface area contributed by atoms with Crippen LogP contribution >= 0.6 is 34.8 Å². The Morgan fingerprint density at radius 1 is 0.857 bits per heavy atom. The Balaban J connectivity index is 2.64. The normalized spacial score (nSPS) is 10.5. The van der Waals surface area contributed by atoms with Gasteiger partial charge in [-0.1, -0.05) is 34.8 Å². The van der Waals surface area contributed by atoms with Crippen LogP contribution in [0.4, 0.5) is 0 Å². The molecule has 0 atom stereocenters. The smallest absolute Gasteiger partial charge is 0.0826 e. The van der Waals surface area contributed by atoms with Crippen molar-refractivity contribution in [2.45, 2.75) is 0 Å². The van der Waals surface area contributed by atoms with E-state index >= 15 is 0 Å². The molecule has 0 saturated carbocycles. The molecule has 0 aliphatic rings. The maximum absolute atomic E-state index is 6.04. The van der Waals surface area contributed by atoms with Gasteiger partial charge in [-0.05, 0) is 24.3 Å². The van der Waals surface area contributed by atoms with Gasteiger partial charge in [-0.15, -0.1) is 0 Å². The van der Waals surface area contributed by atoms with E-state index in [1.807, 2.05) is 29.1 Å². The van der Waals surface area contributed by atoms with Gasteiger partial charge in [-0.2, -0.15) is 0 Å². The molecule has 0 fully saturated rings. The molecule has 1 aromatic heterocycles. The molecule has 4 heteroatoms. The third-order valence-electron chi connectivity index (χ3n) is 1.84. The van der Waals surface area contributed by atoms with E-state index in [1.165, 1.54) is 0 Å². The van der Waals surface area contributed by atoms with E-state index in [2.05, 4.69) is 0 Å². The van der Waals surface area contributed by atoms with Crippen molar-refractivity contribution in [1.82, 2.24) is 4.57 Å². The Morgan fingerprint density at radius 2 is 1.36 bits per heavy atom. The highest BCUT2D eigenvalue weighted by molar-refractivity contribution is 6.40. The van der Waals surface area contributed by atoms with Crippen molar-refractivity contribution >= 4 is 34.8 Å². The molecule has 0 aliphatic carbocycles. The van der Waals surface area contributed by atoms with Gasteiger partial charge in [0.1, 0.15) is 0 Å². The van der Waals surface area contributed by atoms with Crippen LogP contribution in [0.1, 0.15) is 0 Å². The zero-order valence-electron chi connectivity index (χ0n) is 7.05. The van der Waals surface area contributed by atoms with Crippen molar-refractivity contribution < 1.29 is 0 Å². The van der Waals surface area contributed by atoms with E-state index in [0.29, 0.717) is 15.1 Å². The average Bonchev–Trinajstić information content (AvgIpc) is 2.54. The van der Waals surface area contributed by atoms with Gasteiger partial charge >= 0.3 is 0 Å². The second-order valence-corrected chi connectivity index (χ2v) is 4.06. The van der Waals surface area contributed by atoms with Crippen LogP contribution in [0.3, 0.4) is 0 Å². The molecule has 0 N–H and O–H groups in total. The Labute approximate surface area is 96.8 Å². The van der Waals surface area contributed by atoms with E-state index in [1.54, 1.807) is 12.1 Å². The molecular formula is C10H6Cl3N. The predicted octanol–water partition coefficient (Wildman–Crippen LogP) is 4.44. The van der Waals surface area contributed by atoms with Crippen LogP contribution in [0, 0.1) is 0 Å². The van der Waals surface area contributed by atoms with Crippen molar-refractivity contribution in [2.75, 3.05) is 0 Å². The first-order valence-corrected chi connectivity index (χ1v) is 5.10. The summed E-state index contributed by atoms with van der Waals surface area (Å²) in [5.41, 5.74) is 0.753. The molecule has 1 aromatic carbocycles. The fraction of sp³-hybridized carbons (Fsp3) is 0. The van der Waals surface area contributed by atoms with Crippen LogP contribution in [0.2, 0.25) is 15.1 Å². The van der Waals surface area contributed by atoms with Crippen LogP contribution in [-0.4, -0.2) is 4.57 Å². The summed E-state index contributed by atoms with van der Waals surface area (Å²) in [5, 5.41) is 1.62. The van der Waals surface area contributed by atoms with E-state index in [-0.39, 0.29) is 0 Å². The third-order valence-corrected chi connectivity index (χ3v) is 2.64. The van der Waals surface area contributed by atoms with Crippen LogP contribution in [0.5, 0.6) is 0 Å². The van der Waals surface area contributed by atoms with Gasteiger partial charge in [0.25, 0.3) is 0 Å². The van der Waals surface area contributed by atoms with Gasteiger partial charge in [-0.3, -0.25) is 0 Å². The first-order valence-electron chi connectivity index (χ1n) is 3.96. The molecular weight excluding hydrogens is 240 g/mol. The number of nitrogens with zero attached hydrogens (tertiary/aromatic N) is 1. The summed E-state index contributed by atoms with van der Waals surface area (Å²) in [6.45, 7) is 0. The predicted molar refractivity (Wildman–Crippen MR) is 60.8 cm³/mol. The summed E-state index contributed by atoms with van der Waals surface area (Å²) in [7, 11) is 0. The maximum atomic E-state index is 6.04. The van der Waals surface area contributed by atoms with Crippen LogP contribution in [0.15, 0.2) is 36.7 Å². The van der Waals surface area contributed by atoms with Crippen LogP contribution in [0.25, 0.3) is 5.69 Å². The van der Waals surface area contributed by atoms with Crippen molar-refractivity contribution in [3.63, 3.8) is 0 Å². The number of hydrogen-bond acceptors (Lipinski definition) is 0. The Bertz CT molecular complexity index is 425. The van der Waals surface area contributed by atoms with Crippen molar-refractivity contribution in [2.24, 2.45) is 0 Å². The fourth-order valence-electron chi connectivity index (χ4n) is 1.26. The number of benzene rings is 1. The largest absolute Gasteiger partial charge is 0.321 e. The minimum Gasteiger partial charge on any atom is -0.321 e. The van der Waals surface area contributed by atoms with E-state index < -0.39 is 0 Å². The lowest BCUT2D eigenvalue weighted by Gasteiger charge is -2.08. The lowest BCUT2D eigenvalue weighted by Crippen LogP contribution is -1.92. The van der Waals surface area contributed by atoms with Gasteiger partial charge in [0.05, 0.1) is 15.7 Å². The highest BCUT2D eigenvalue weighted by Crippen LogP contribution is 2.31. The zero-order chi connectivity index (χ0) is 10.1. The van der Waals surface area contributed by atoms with Gasteiger partial charge < -0.3 is 4.57 Å². The number of hydrogen-bond donors (Lipinski definition) is 0. The molecule has 1 heterocycles. The number of aromatic nitrogens is 1. The van der Waals surface area contributed by atoms with Gasteiger partial charge in [0.15, 0.2) is 0 Å². The highest BCUT2D eigenvalue weighted by atomic mass is 35.5. The Morgan fingerprint density at radius 3 is 1.86 bits per heavy atom. The number of halogens is 3. The minimum absolute atomic E-state index is 0.538. The summed E-state index contributed by atoms with van der Waals surface area (Å²) < 4.78 is 1.85. The molecule has 1 nitrogen and oxygen atoms in total. The quantitative estimate of drug-likeness (QED) is 0.701. The molecule has 14 heavy (non-hydrogen) atoms. The highest BCUT2D eigenvalue weighted by Gasteiger charge is 2.08. The SMILES string of the molecule is Clc1cc(Cl)c(-n2cccc2)c(Cl)c1. The molecule has 2 rings (SSSR count). The summed E-state index contributed by atoms with van der Waals surface area (Å²) in [4.78, 5) is 0. The van der Waals surface area contributed by atoms with Crippen molar-refractivity contribution in [1.29, 1.82) is 0 Å². The average molecular weight is 247 g/mol. The maximum Gasteiger partial charge on any atom is 0.0826 e. The molecule has 0 radical (unpaired) electrons. The molecule has 0 aliphatic heterocycles. The summed E-state index contributed by atoms with van der Waals surface area (Å²) in [6.07, 6.45) is 3.75. The molecule has 0 bridgehead atoms. The lowest BCUT2D eigenvalue weighted by atomic mass is 10.3. The standard InChI is InChI=1S/C10H6Cl3N/c11-7-5-8(12)10(9(13)6-7)14-3-1-2-4-14/h1-6H. The Hall–Kier alpha value is -0.630. The summed E-state index contributed by atoms with van der Waals surface area (Å²) in [5.74, 6) is 0. The lowest BCUT2D eigenvalue weighted by molar-refractivity contribution is 1.08. The second-order valence-electron chi connectivity index (χ2n) is 2.81. The molecule has 0 amide bonds. The van der Waals surface area contributed by atoms with E-state index in [9.17, 15) is 0 Å². The number of rotatable bonds is 1. The molecule has 0 spiro atoms. The first kappa shape index (κ1) is 9.91. The van der Waals surface area contributed by atoms with Gasteiger partial charge in [0, 0.05) is 17.4 Å². The molecule has 2 aromatic rings. The van der Waals surface area contributed by atoms with Crippen LogP contribution in [-0.2, 0) is 0 Å². The van der Waals surface area contributed by atoms with Gasteiger partial charge in [0.2, 0.25) is 0 Å². The van der Waals surface area contributed by atoms with E-state index in [4.69, 9.17) is 34.8 Å². The third kappa shape index (κ3) is 1.76. The zero-order valence-corrected chi connectivity index (χ0v) is 9.31. The Kier molecular flexibility index (Phi) is 2.73. The second kappa shape index (κ2) is 3.85. The summed E-state index contributed by atoms with van der Waals surface area (Å²) in [6, 6.07) is 7.15. The molecule has 0 saturated heterocycles. The topological polar surface area (TPSA) is 4.93 Å². The fourth-order valence-corrected chi connectivity index (χ4v) is 2.28. The molecule has 0 unspecified atom stereocenters. The first-order chi connectivity index (χ1) is 6.68. The monoisotopic (exact) mass is 245 g/mol. The van der Waals surface area contributed by atoms with Crippen LogP contribution < -0.4 is 0 Å². The molecule has 72 valence electrons. The van der Waals surface area contributed by atoms with E-state index in [0.717, 1.165) is 5.69 Å². The minimum atomic E-state index is 0.538.